The monoisotopic (exact) mass is 207 g/mol. The second kappa shape index (κ2) is 2.90. The fraction of sp³-hybridized carbons (Fsp3) is 0.714. The van der Waals surface area contributed by atoms with Gasteiger partial charge in [0.15, 0.2) is 0 Å². The summed E-state index contributed by atoms with van der Waals surface area (Å²) in [5, 5.41) is 7.28. The molecular weight excluding hydrogens is 200 g/mol. The van der Waals surface area contributed by atoms with Crippen LogP contribution in [0, 0.1) is 0 Å². The van der Waals surface area contributed by atoms with Crippen LogP contribution in [0.5, 0.6) is 0 Å². The van der Waals surface area contributed by atoms with Crippen LogP contribution in [0.3, 0.4) is 0 Å². The molecule has 1 heterocycles. The van der Waals surface area contributed by atoms with Crippen molar-refractivity contribution in [2.24, 2.45) is 0 Å². The zero-order valence-electron chi connectivity index (χ0n) is 6.75. The lowest BCUT2D eigenvalue weighted by Gasteiger charge is -2.11. The first-order chi connectivity index (χ1) is 6.08. The first-order valence-electron chi connectivity index (χ1n) is 4.01. The third-order valence-corrected chi connectivity index (χ3v) is 2.57. The van der Waals surface area contributed by atoms with Crippen molar-refractivity contribution in [1.82, 2.24) is 14.8 Å². The van der Waals surface area contributed by atoms with Crippen LogP contribution in [0.15, 0.2) is 6.33 Å². The molecule has 6 heteroatoms. The summed E-state index contributed by atoms with van der Waals surface area (Å²) in [5.74, 6) is -2.56. The third kappa shape index (κ3) is 1.65. The van der Waals surface area contributed by atoms with Crippen LogP contribution in [-0.2, 0) is 0 Å². The van der Waals surface area contributed by atoms with Gasteiger partial charge in [-0.1, -0.05) is 0 Å². The molecule has 1 aliphatic rings. The fourth-order valence-electron chi connectivity index (χ4n) is 1.64. The number of hydrogen-bond donors (Lipinski definition) is 0. The van der Waals surface area contributed by atoms with Gasteiger partial charge in [-0.2, -0.15) is 0 Å². The zero-order valence-corrected chi connectivity index (χ0v) is 7.51. The molecule has 3 nitrogen and oxygen atoms in total. The summed E-state index contributed by atoms with van der Waals surface area (Å²) < 4.78 is 27.1. The Kier molecular flexibility index (Phi) is 1.98. The van der Waals surface area contributed by atoms with Gasteiger partial charge in [0.05, 0.1) is 0 Å². The molecule has 0 N–H and O–H groups in total. The average Bonchev–Trinajstić information content (AvgIpc) is 2.56. The Labute approximate surface area is 78.7 Å². The standard InChI is InChI=1S/C7H8ClF2N3/c8-6-12-11-4-13(6)5-1-2-7(9,10)3-5/h4-5H,1-3H2. The van der Waals surface area contributed by atoms with E-state index in [1.165, 1.54) is 10.9 Å². The van der Waals surface area contributed by atoms with E-state index in [1.54, 1.807) is 0 Å². The van der Waals surface area contributed by atoms with Gasteiger partial charge < -0.3 is 4.57 Å². The molecule has 1 aromatic rings. The first-order valence-corrected chi connectivity index (χ1v) is 4.39. The minimum absolute atomic E-state index is 0.0772. The Morgan fingerprint density at radius 2 is 2.38 bits per heavy atom. The highest BCUT2D eigenvalue weighted by atomic mass is 35.5. The first kappa shape index (κ1) is 8.87. The molecule has 0 bridgehead atoms. The van der Waals surface area contributed by atoms with Gasteiger partial charge in [-0.25, -0.2) is 8.78 Å². The lowest BCUT2D eigenvalue weighted by atomic mass is 10.2. The summed E-state index contributed by atoms with van der Waals surface area (Å²) in [5.41, 5.74) is 0. The molecule has 1 unspecified atom stereocenters. The second-order valence-electron chi connectivity index (χ2n) is 3.26. The molecule has 0 spiro atoms. The van der Waals surface area contributed by atoms with Gasteiger partial charge in [0, 0.05) is 18.9 Å². The average molecular weight is 208 g/mol. The molecule has 1 saturated carbocycles. The summed E-state index contributed by atoms with van der Waals surface area (Å²) in [6, 6.07) is -0.252. The Balaban J connectivity index is 2.17. The Morgan fingerprint density at radius 1 is 1.62 bits per heavy atom. The summed E-state index contributed by atoms with van der Waals surface area (Å²) in [6.45, 7) is 0. The molecule has 1 fully saturated rings. The van der Waals surface area contributed by atoms with Crippen molar-refractivity contribution in [2.45, 2.75) is 31.2 Å². The molecule has 1 aliphatic carbocycles. The zero-order chi connectivity index (χ0) is 9.47. The predicted octanol–water partition coefficient (Wildman–Crippen LogP) is 2.29. The molecule has 0 aliphatic heterocycles. The number of nitrogens with zero attached hydrogens (tertiary/aromatic N) is 3. The van der Waals surface area contributed by atoms with E-state index in [0.717, 1.165) is 0 Å². The van der Waals surface area contributed by atoms with Gasteiger partial charge in [-0.15, -0.1) is 10.2 Å². The number of rotatable bonds is 1. The molecule has 1 aromatic heterocycles. The van der Waals surface area contributed by atoms with Gasteiger partial charge >= 0.3 is 0 Å². The lowest BCUT2D eigenvalue weighted by Crippen LogP contribution is -2.11. The van der Waals surface area contributed by atoms with E-state index in [1.807, 2.05) is 0 Å². The minimum Gasteiger partial charge on any atom is -0.301 e. The molecule has 0 aromatic carbocycles. The normalized spacial score (nSPS) is 26.5. The molecule has 72 valence electrons. The lowest BCUT2D eigenvalue weighted by molar-refractivity contribution is 0.00564. The maximum atomic E-state index is 12.8. The van der Waals surface area contributed by atoms with E-state index in [0.29, 0.717) is 6.42 Å². The van der Waals surface area contributed by atoms with Crippen LogP contribution in [-0.4, -0.2) is 20.7 Å². The predicted molar refractivity (Wildman–Crippen MR) is 42.9 cm³/mol. The van der Waals surface area contributed by atoms with E-state index < -0.39 is 5.92 Å². The minimum atomic E-state index is -2.56. The van der Waals surface area contributed by atoms with Crippen molar-refractivity contribution >= 4 is 11.6 Å². The Morgan fingerprint density at radius 3 is 2.85 bits per heavy atom. The number of aromatic nitrogens is 3. The highest BCUT2D eigenvalue weighted by Crippen LogP contribution is 2.41. The van der Waals surface area contributed by atoms with Gasteiger partial charge in [0.25, 0.3) is 0 Å². The van der Waals surface area contributed by atoms with Crippen LogP contribution in [0.4, 0.5) is 8.78 Å². The fourth-order valence-corrected chi connectivity index (χ4v) is 1.86. The van der Waals surface area contributed by atoms with E-state index in [-0.39, 0.29) is 24.2 Å². The maximum absolute atomic E-state index is 12.8. The highest BCUT2D eigenvalue weighted by molar-refractivity contribution is 6.28. The van der Waals surface area contributed by atoms with Crippen molar-refractivity contribution in [1.29, 1.82) is 0 Å². The highest BCUT2D eigenvalue weighted by Gasteiger charge is 2.40. The summed E-state index contributed by atoms with van der Waals surface area (Å²) in [6.07, 6.45) is 1.59. The van der Waals surface area contributed by atoms with E-state index in [9.17, 15) is 8.78 Å². The third-order valence-electron chi connectivity index (χ3n) is 2.30. The maximum Gasteiger partial charge on any atom is 0.250 e. The van der Waals surface area contributed by atoms with Crippen LogP contribution in [0.25, 0.3) is 0 Å². The van der Waals surface area contributed by atoms with Crippen LogP contribution >= 0.6 is 11.6 Å². The number of alkyl halides is 2. The van der Waals surface area contributed by atoms with Gasteiger partial charge in [0.1, 0.15) is 6.33 Å². The topological polar surface area (TPSA) is 30.7 Å². The van der Waals surface area contributed by atoms with Crippen LogP contribution in [0.1, 0.15) is 25.3 Å². The SMILES string of the molecule is FC1(F)CCC(n2cnnc2Cl)C1. The largest absolute Gasteiger partial charge is 0.301 e. The molecule has 1 atom stereocenters. The van der Waals surface area contributed by atoms with Crippen molar-refractivity contribution in [3.63, 3.8) is 0 Å². The second-order valence-corrected chi connectivity index (χ2v) is 3.60. The number of halogens is 3. The Hall–Kier alpha value is -0.710. The van der Waals surface area contributed by atoms with Crippen molar-refractivity contribution in [3.8, 4) is 0 Å². The van der Waals surface area contributed by atoms with Gasteiger partial charge in [-0.05, 0) is 18.0 Å². The number of hydrogen-bond acceptors (Lipinski definition) is 2. The molecular formula is C7H8ClF2N3. The molecule has 2 rings (SSSR count). The van der Waals surface area contributed by atoms with E-state index in [4.69, 9.17) is 11.6 Å². The molecule has 13 heavy (non-hydrogen) atoms. The van der Waals surface area contributed by atoms with E-state index in [2.05, 4.69) is 10.2 Å². The smallest absolute Gasteiger partial charge is 0.250 e. The molecule has 0 saturated heterocycles. The van der Waals surface area contributed by atoms with Gasteiger partial charge in [0.2, 0.25) is 11.2 Å². The van der Waals surface area contributed by atoms with E-state index >= 15 is 0 Å². The Bertz CT molecular complexity index is 312. The van der Waals surface area contributed by atoms with Crippen molar-refractivity contribution in [2.75, 3.05) is 0 Å². The molecule has 0 amide bonds. The van der Waals surface area contributed by atoms with Crippen molar-refractivity contribution in [3.05, 3.63) is 11.6 Å². The summed E-state index contributed by atoms with van der Waals surface area (Å²) in [4.78, 5) is 0. The summed E-state index contributed by atoms with van der Waals surface area (Å²) in [7, 11) is 0. The van der Waals surface area contributed by atoms with Crippen molar-refractivity contribution < 1.29 is 8.78 Å². The van der Waals surface area contributed by atoms with Crippen LogP contribution < -0.4 is 0 Å². The van der Waals surface area contributed by atoms with Gasteiger partial charge in [-0.3, -0.25) is 0 Å². The van der Waals surface area contributed by atoms with Crippen LogP contribution in [0.2, 0.25) is 5.28 Å². The quantitative estimate of drug-likeness (QED) is 0.708. The molecule has 0 radical (unpaired) electrons. The summed E-state index contributed by atoms with van der Waals surface area (Å²) >= 11 is 5.66.